The van der Waals surface area contributed by atoms with Gasteiger partial charge < -0.3 is 9.64 Å². The van der Waals surface area contributed by atoms with Crippen molar-refractivity contribution in [2.24, 2.45) is 5.92 Å². The summed E-state index contributed by atoms with van der Waals surface area (Å²) >= 11 is 0. The maximum atomic E-state index is 13.7. The van der Waals surface area contributed by atoms with Crippen LogP contribution in [0.3, 0.4) is 0 Å². The molecule has 1 fully saturated rings. The molecule has 6 nitrogen and oxygen atoms in total. The average molecular weight is 491 g/mol. The summed E-state index contributed by atoms with van der Waals surface area (Å²) in [6.45, 7) is 1.79. The van der Waals surface area contributed by atoms with Gasteiger partial charge in [0.1, 0.15) is 5.75 Å². The van der Waals surface area contributed by atoms with Gasteiger partial charge >= 0.3 is 0 Å². The van der Waals surface area contributed by atoms with Crippen molar-refractivity contribution in [3.05, 3.63) is 95.6 Å². The van der Waals surface area contributed by atoms with Gasteiger partial charge in [-0.15, -0.1) is 0 Å². The Balaban J connectivity index is 1.36. The van der Waals surface area contributed by atoms with E-state index >= 15 is 0 Å². The van der Waals surface area contributed by atoms with Crippen molar-refractivity contribution in [2.75, 3.05) is 26.7 Å². The van der Waals surface area contributed by atoms with E-state index in [0.717, 1.165) is 5.56 Å². The summed E-state index contributed by atoms with van der Waals surface area (Å²) in [5, 5.41) is 0. The minimum absolute atomic E-state index is 0.0371. The van der Waals surface area contributed by atoms with Crippen LogP contribution in [-0.2, 0) is 21.4 Å². The SMILES string of the molecule is COc1ccc(S(=O)(=O)N2CCC[C@H](C(=O)N3Cc4ccccc4[C@@H](c4ccccc4)C3)C2)cc1. The number of sulfonamides is 1. The van der Waals surface area contributed by atoms with Gasteiger partial charge in [0.25, 0.3) is 0 Å². The highest BCUT2D eigenvalue weighted by molar-refractivity contribution is 7.89. The second-order valence-electron chi connectivity index (χ2n) is 9.26. The number of hydrogen-bond acceptors (Lipinski definition) is 4. The molecule has 182 valence electrons. The lowest BCUT2D eigenvalue weighted by molar-refractivity contribution is -0.137. The number of rotatable bonds is 5. The van der Waals surface area contributed by atoms with Crippen LogP contribution in [0.4, 0.5) is 0 Å². The molecule has 35 heavy (non-hydrogen) atoms. The van der Waals surface area contributed by atoms with E-state index in [0.29, 0.717) is 38.2 Å². The number of piperidine rings is 1. The molecular weight excluding hydrogens is 460 g/mol. The van der Waals surface area contributed by atoms with Crippen molar-refractivity contribution < 1.29 is 17.9 Å². The summed E-state index contributed by atoms with van der Waals surface area (Å²) in [7, 11) is -2.13. The molecule has 0 aliphatic carbocycles. The molecule has 3 aromatic rings. The Hall–Kier alpha value is -3.16. The second-order valence-corrected chi connectivity index (χ2v) is 11.2. The van der Waals surface area contributed by atoms with Crippen LogP contribution in [0.5, 0.6) is 5.75 Å². The Labute approximate surface area is 207 Å². The first-order valence-electron chi connectivity index (χ1n) is 12.0. The summed E-state index contributed by atoms with van der Waals surface area (Å²) in [4.78, 5) is 15.9. The van der Waals surface area contributed by atoms with E-state index in [2.05, 4.69) is 30.3 Å². The number of ether oxygens (including phenoxy) is 1. The van der Waals surface area contributed by atoms with Crippen molar-refractivity contribution in [3.63, 3.8) is 0 Å². The molecular formula is C28H30N2O4S. The molecule has 2 aliphatic rings. The molecule has 3 aromatic carbocycles. The Kier molecular flexibility index (Phi) is 6.62. The zero-order valence-electron chi connectivity index (χ0n) is 19.8. The standard InChI is InChI=1S/C28H30N2O4S/c1-34-24-13-15-25(16-14-24)35(32,33)30-17-7-11-23(19-30)28(31)29-18-22-10-5-6-12-26(22)27(20-29)21-8-3-2-4-9-21/h2-6,8-10,12-16,23,27H,7,11,17-20H2,1H3/t23-,27+/m0/s1. The van der Waals surface area contributed by atoms with E-state index in [4.69, 9.17) is 4.74 Å². The van der Waals surface area contributed by atoms with Crippen LogP contribution < -0.4 is 4.74 Å². The molecule has 0 radical (unpaired) electrons. The largest absolute Gasteiger partial charge is 0.497 e. The predicted octanol–water partition coefficient (Wildman–Crippen LogP) is 4.27. The molecule has 0 bridgehead atoms. The minimum Gasteiger partial charge on any atom is -0.497 e. The maximum Gasteiger partial charge on any atom is 0.243 e. The van der Waals surface area contributed by atoms with Gasteiger partial charge in [0, 0.05) is 32.1 Å². The normalized spacial score (nSPS) is 20.8. The summed E-state index contributed by atoms with van der Waals surface area (Å²) in [5.74, 6) is 0.398. The fourth-order valence-electron chi connectivity index (χ4n) is 5.26. The highest BCUT2D eigenvalue weighted by atomic mass is 32.2. The lowest BCUT2D eigenvalue weighted by Gasteiger charge is -2.39. The molecule has 2 atom stereocenters. The topological polar surface area (TPSA) is 66.9 Å². The van der Waals surface area contributed by atoms with Gasteiger partial charge in [0.05, 0.1) is 17.9 Å². The van der Waals surface area contributed by atoms with Gasteiger partial charge in [-0.2, -0.15) is 4.31 Å². The monoisotopic (exact) mass is 490 g/mol. The highest BCUT2D eigenvalue weighted by Crippen LogP contribution is 2.35. The highest BCUT2D eigenvalue weighted by Gasteiger charge is 2.37. The molecule has 0 unspecified atom stereocenters. The Morgan fingerprint density at radius 1 is 0.914 bits per heavy atom. The number of fused-ring (bicyclic) bond motifs is 1. The van der Waals surface area contributed by atoms with Crippen LogP contribution in [0.25, 0.3) is 0 Å². The quantitative estimate of drug-likeness (QED) is 0.536. The van der Waals surface area contributed by atoms with E-state index in [-0.39, 0.29) is 29.2 Å². The van der Waals surface area contributed by atoms with Crippen LogP contribution in [0.2, 0.25) is 0 Å². The number of nitrogens with zero attached hydrogens (tertiary/aromatic N) is 2. The summed E-state index contributed by atoms with van der Waals surface area (Å²) in [5.41, 5.74) is 3.60. The van der Waals surface area contributed by atoms with Crippen molar-refractivity contribution in [2.45, 2.75) is 30.2 Å². The molecule has 2 heterocycles. The smallest absolute Gasteiger partial charge is 0.243 e. The lowest BCUT2D eigenvalue weighted by atomic mass is 9.84. The van der Waals surface area contributed by atoms with E-state index in [1.165, 1.54) is 15.4 Å². The second kappa shape index (κ2) is 9.84. The number of amides is 1. The van der Waals surface area contributed by atoms with Crippen LogP contribution in [0.1, 0.15) is 35.4 Å². The third-order valence-corrected chi connectivity index (χ3v) is 9.02. The first-order chi connectivity index (χ1) is 17.0. The molecule has 1 amide bonds. The van der Waals surface area contributed by atoms with E-state index in [9.17, 15) is 13.2 Å². The zero-order chi connectivity index (χ0) is 24.4. The van der Waals surface area contributed by atoms with Gasteiger partial charge in [0.2, 0.25) is 15.9 Å². The average Bonchev–Trinajstić information content (AvgIpc) is 2.92. The summed E-state index contributed by atoms with van der Waals surface area (Å²) < 4.78 is 33.2. The Morgan fingerprint density at radius 2 is 1.63 bits per heavy atom. The molecule has 7 heteroatoms. The van der Waals surface area contributed by atoms with E-state index in [1.807, 2.05) is 29.2 Å². The van der Waals surface area contributed by atoms with Gasteiger partial charge in [-0.1, -0.05) is 54.6 Å². The fourth-order valence-corrected chi connectivity index (χ4v) is 6.79. The molecule has 0 aromatic heterocycles. The lowest BCUT2D eigenvalue weighted by Crippen LogP contribution is -2.48. The third-order valence-electron chi connectivity index (χ3n) is 7.14. The summed E-state index contributed by atoms with van der Waals surface area (Å²) in [6.07, 6.45) is 1.36. The minimum atomic E-state index is -3.68. The van der Waals surface area contributed by atoms with Gasteiger partial charge in [-0.05, 0) is 53.8 Å². The van der Waals surface area contributed by atoms with Crippen LogP contribution >= 0.6 is 0 Å². The number of carbonyl (C=O) groups is 1. The van der Waals surface area contributed by atoms with Crippen LogP contribution in [0.15, 0.2) is 83.8 Å². The third kappa shape index (κ3) is 4.70. The van der Waals surface area contributed by atoms with Crippen molar-refractivity contribution in [3.8, 4) is 5.75 Å². The van der Waals surface area contributed by atoms with Gasteiger partial charge in [-0.25, -0.2) is 8.42 Å². The van der Waals surface area contributed by atoms with Crippen molar-refractivity contribution in [1.29, 1.82) is 0 Å². The zero-order valence-corrected chi connectivity index (χ0v) is 20.7. The van der Waals surface area contributed by atoms with E-state index in [1.54, 1.807) is 31.4 Å². The molecule has 1 saturated heterocycles. The summed E-state index contributed by atoms with van der Waals surface area (Å²) in [6, 6.07) is 25.0. The predicted molar refractivity (Wildman–Crippen MR) is 135 cm³/mol. The Bertz CT molecular complexity index is 1290. The van der Waals surface area contributed by atoms with Crippen molar-refractivity contribution in [1.82, 2.24) is 9.21 Å². The molecule has 2 aliphatic heterocycles. The number of carbonyl (C=O) groups excluding carboxylic acids is 1. The molecule has 0 saturated carbocycles. The number of methoxy groups -OCH3 is 1. The first-order valence-corrected chi connectivity index (χ1v) is 13.5. The number of benzene rings is 3. The number of hydrogen-bond donors (Lipinski definition) is 0. The first kappa shape index (κ1) is 23.6. The Morgan fingerprint density at radius 3 is 2.37 bits per heavy atom. The van der Waals surface area contributed by atoms with Crippen molar-refractivity contribution >= 4 is 15.9 Å². The maximum absolute atomic E-state index is 13.7. The van der Waals surface area contributed by atoms with Gasteiger partial charge in [-0.3, -0.25) is 4.79 Å². The van der Waals surface area contributed by atoms with E-state index < -0.39 is 10.0 Å². The molecule has 0 spiro atoms. The van der Waals surface area contributed by atoms with Gasteiger partial charge in [0.15, 0.2) is 0 Å². The molecule has 5 rings (SSSR count). The fraction of sp³-hybridized carbons (Fsp3) is 0.321. The van der Waals surface area contributed by atoms with Crippen LogP contribution in [-0.4, -0.2) is 50.3 Å². The molecule has 0 N–H and O–H groups in total. The van der Waals surface area contributed by atoms with Crippen LogP contribution in [0, 0.1) is 5.92 Å².